The molecule has 0 aromatic carbocycles. The van der Waals surface area contributed by atoms with Crippen molar-refractivity contribution < 1.29 is 25.2 Å². The zero-order valence-electron chi connectivity index (χ0n) is 35.3. The summed E-state index contributed by atoms with van der Waals surface area (Å²) in [5, 5.41) is 43.7. The summed E-state index contributed by atoms with van der Waals surface area (Å²) in [6.45, 7) is 4.04. The lowest BCUT2D eigenvalue weighted by Crippen LogP contribution is -2.53. The number of rotatable bonds is 42. The smallest absolute Gasteiger partial charge is 0.249 e. The second-order valence-corrected chi connectivity index (χ2v) is 16.1. The highest BCUT2D eigenvalue weighted by atomic mass is 16.3. The van der Waals surface area contributed by atoms with Gasteiger partial charge in [-0.3, -0.25) is 4.79 Å². The number of allylic oxidation sites excluding steroid dienone is 4. The Labute approximate surface area is 329 Å². The minimum atomic E-state index is -1.29. The summed E-state index contributed by atoms with van der Waals surface area (Å²) >= 11 is 0. The molecule has 53 heavy (non-hydrogen) atoms. The van der Waals surface area contributed by atoms with Gasteiger partial charge in [-0.2, -0.15) is 0 Å². The summed E-state index contributed by atoms with van der Waals surface area (Å²) in [4.78, 5) is 12.5. The predicted octanol–water partition coefficient (Wildman–Crippen LogP) is 12.4. The first-order valence-electron chi connectivity index (χ1n) is 23.2. The zero-order valence-corrected chi connectivity index (χ0v) is 35.3. The maximum Gasteiger partial charge on any atom is 0.249 e. The highest BCUT2D eigenvalue weighted by Crippen LogP contribution is 2.16. The Balaban J connectivity index is 3.75. The Kier molecular flexibility index (Phi) is 41.0. The molecule has 6 nitrogen and oxygen atoms in total. The predicted molar refractivity (Wildman–Crippen MR) is 228 cm³/mol. The number of carbonyl (C=O) groups excluding carboxylic acids is 1. The fraction of sp³-hybridized carbons (Fsp3) is 0.894. The van der Waals surface area contributed by atoms with Crippen LogP contribution in [0.2, 0.25) is 0 Å². The monoisotopic (exact) mass is 750 g/mol. The number of amides is 1. The van der Waals surface area contributed by atoms with Crippen molar-refractivity contribution in [2.24, 2.45) is 0 Å². The van der Waals surface area contributed by atoms with Gasteiger partial charge in [0.1, 0.15) is 12.2 Å². The molecular weight excluding hydrogens is 659 g/mol. The molecule has 4 atom stereocenters. The molecule has 0 bridgehead atoms. The van der Waals surface area contributed by atoms with Crippen LogP contribution in [0.4, 0.5) is 0 Å². The minimum Gasteiger partial charge on any atom is -0.394 e. The van der Waals surface area contributed by atoms with Gasteiger partial charge in [-0.1, -0.05) is 212 Å². The summed E-state index contributed by atoms with van der Waals surface area (Å²) in [6, 6.07) is -1.00. The Morgan fingerprint density at radius 3 is 1.19 bits per heavy atom. The van der Waals surface area contributed by atoms with Gasteiger partial charge in [0.05, 0.1) is 18.8 Å². The largest absolute Gasteiger partial charge is 0.394 e. The lowest BCUT2D eigenvalue weighted by Gasteiger charge is -2.27. The van der Waals surface area contributed by atoms with Crippen molar-refractivity contribution in [3.05, 3.63) is 24.3 Å². The molecule has 5 N–H and O–H groups in total. The molecule has 0 aromatic rings. The van der Waals surface area contributed by atoms with Crippen molar-refractivity contribution in [1.29, 1.82) is 0 Å². The number of aliphatic hydroxyl groups excluding tert-OH is 4. The summed E-state index contributed by atoms with van der Waals surface area (Å²) in [7, 11) is 0. The molecule has 0 aliphatic carbocycles. The van der Waals surface area contributed by atoms with E-state index in [-0.39, 0.29) is 0 Å². The van der Waals surface area contributed by atoms with Crippen LogP contribution < -0.4 is 5.32 Å². The lowest BCUT2D eigenvalue weighted by atomic mass is 10.00. The zero-order chi connectivity index (χ0) is 38.9. The van der Waals surface area contributed by atoms with Crippen LogP contribution in [0.15, 0.2) is 24.3 Å². The average molecular weight is 750 g/mol. The molecule has 1 amide bonds. The Bertz CT molecular complexity index is 802. The van der Waals surface area contributed by atoms with Crippen LogP contribution in [0.25, 0.3) is 0 Å². The third kappa shape index (κ3) is 36.2. The number of carbonyl (C=O) groups is 1. The molecule has 0 radical (unpaired) electrons. The van der Waals surface area contributed by atoms with E-state index in [9.17, 15) is 25.2 Å². The van der Waals surface area contributed by atoms with E-state index < -0.39 is 36.9 Å². The van der Waals surface area contributed by atoms with Gasteiger partial charge < -0.3 is 25.7 Å². The highest BCUT2D eigenvalue weighted by molar-refractivity contribution is 5.80. The van der Waals surface area contributed by atoms with E-state index in [4.69, 9.17) is 0 Å². The molecule has 0 rings (SSSR count). The van der Waals surface area contributed by atoms with E-state index in [0.29, 0.717) is 19.3 Å². The quantitative estimate of drug-likeness (QED) is 0.0315. The summed E-state index contributed by atoms with van der Waals surface area (Å²) in [5.74, 6) is -0.596. The van der Waals surface area contributed by atoms with E-state index in [1.54, 1.807) is 0 Å². The van der Waals surface area contributed by atoms with Gasteiger partial charge in [0.25, 0.3) is 0 Å². The van der Waals surface area contributed by atoms with E-state index >= 15 is 0 Å². The van der Waals surface area contributed by atoms with E-state index in [1.807, 2.05) is 0 Å². The van der Waals surface area contributed by atoms with Gasteiger partial charge in [0.15, 0.2) is 0 Å². The van der Waals surface area contributed by atoms with Crippen molar-refractivity contribution in [1.82, 2.24) is 5.32 Å². The Morgan fingerprint density at radius 2 is 0.792 bits per heavy atom. The molecule has 0 saturated carbocycles. The van der Waals surface area contributed by atoms with Crippen LogP contribution in [0.1, 0.15) is 239 Å². The Hall–Kier alpha value is -1.21. The second-order valence-electron chi connectivity index (χ2n) is 16.1. The molecule has 4 unspecified atom stereocenters. The van der Waals surface area contributed by atoms with Crippen LogP contribution in [0.3, 0.4) is 0 Å². The fourth-order valence-corrected chi connectivity index (χ4v) is 7.19. The molecule has 0 fully saturated rings. The van der Waals surface area contributed by atoms with Crippen LogP contribution in [-0.2, 0) is 4.79 Å². The second kappa shape index (κ2) is 41.9. The molecule has 0 saturated heterocycles. The molecule has 0 spiro atoms. The van der Waals surface area contributed by atoms with Crippen molar-refractivity contribution in [2.45, 2.75) is 263 Å². The average Bonchev–Trinajstić information content (AvgIpc) is 3.16. The van der Waals surface area contributed by atoms with Gasteiger partial charge in [0.2, 0.25) is 5.91 Å². The van der Waals surface area contributed by atoms with Gasteiger partial charge in [-0.05, 0) is 51.4 Å². The molecule has 0 aromatic heterocycles. The summed E-state index contributed by atoms with van der Waals surface area (Å²) in [6.07, 6.45) is 47.9. The number of nitrogens with one attached hydrogen (secondary N) is 1. The van der Waals surface area contributed by atoms with Crippen molar-refractivity contribution in [3.8, 4) is 0 Å². The molecule has 0 aliphatic heterocycles. The first kappa shape index (κ1) is 51.8. The third-order valence-corrected chi connectivity index (χ3v) is 10.9. The van der Waals surface area contributed by atoms with Gasteiger partial charge in [0, 0.05) is 0 Å². The summed E-state index contributed by atoms with van der Waals surface area (Å²) in [5.41, 5.74) is 0. The lowest BCUT2D eigenvalue weighted by molar-refractivity contribution is -0.132. The van der Waals surface area contributed by atoms with Crippen molar-refractivity contribution >= 4 is 5.91 Å². The molecule has 0 heterocycles. The number of aliphatic hydroxyl groups is 4. The number of unbranched alkanes of at least 4 members (excludes halogenated alkanes) is 29. The topological polar surface area (TPSA) is 110 Å². The maximum atomic E-state index is 12.5. The van der Waals surface area contributed by atoms with E-state index in [1.165, 1.54) is 167 Å². The minimum absolute atomic E-state index is 0.363. The summed E-state index contributed by atoms with van der Waals surface area (Å²) < 4.78 is 0. The SMILES string of the molecule is CCCCCCCCCCCCCCCC/C=C/CC/C=C/CCCC(O)C(O)C(CO)NC(=O)C(O)CCCCCCCCCCCCCCCC. The van der Waals surface area contributed by atoms with Gasteiger partial charge in [-0.15, -0.1) is 0 Å². The molecule has 0 aliphatic rings. The first-order chi connectivity index (χ1) is 26.0. The van der Waals surface area contributed by atoms with Gasteiger partial charge in [-0.25, -0.2) is 0 Å². The Morgan fingerprint density at radius 1 is 0.453 bits per heavy atom. The highest BCUT2D eigenvalue weighted by Gasteiger charge is 2.28. The normalized spacial score (nSPS) is 14.3. The van der Waals surface area contributed by atoms with Crippen LogP contribution in [-0.4, -0.2) is 57.3 Å². The third-order valence-electron chi connectivity index (χ3n) is 10.9. The van der Waals surface area contributed by atoms with E-state index in [0.717, 1.165) is 38.5 Å². The van der Waals surface area contributed by atoms with Crippen molar-refractivity contribution in [3.63, 3.8) is 0 Å². The standard InChI is InChI=1S/C47H91NO5/c1-3-5-7-9-11-13-15-17-19-20-21-22-23-24-25-26-27-29-30-32-34-36-38-40-44(50)46(52)43(42-49)48-47(53)45(51)41-39-37-35-33-31-28-18-16-14-12-10-8-6-4-2/h26-27,32,34,43-46,49-52H,3-25,28-31,33,35-42H2,1-2H3,(H,48,53)/b27-26+,34-32+. The van der Waals surface area contributed by atoms with Crippen LogP contribution in [0, 0.1) is 0 Å². The number of hydrogen-bond acceptors (Lipinski definition) is 5. The van der Waals surface area contributed by atoms with Crippen molar-refractivity contribution in [2.75, 3.05) is 6.61 Å². The fourth-order valence-electron chi connectivity index (χ4n) is 7.19. The van der Waals surface area contributed by atoms with Crippen LogP contribution >= 0.6 is 0 Å². The molecular formula is C47H91NO5. The molecule has 6 heteroatoms. The van der Waals surface area contributed by atoms with Gasteiger partial charge >= 0.3 is 0 Å². The first-order valence-corrected chi connectivity index (χ1v) is 23.2. The maximum absolute atomic E-state index is 12.5. The van der Waals surface area contributed by atoms with Crippen LogP contribution in [0.5, 0.6) is 0 Å². The number of hydrogen-bond donors (Lipinski definition) is 5. The molecule has 314 valence electrons. The van der Waals surface area contributed by atoms with E-state index in [2.05, 4.69) is 43.5 Å².